The second-order valence-corrected chi connectivity index (χ2v) is 7.46. The lowest BCUT2D eigenvalue weighted by Crippen LogP contribution is -2.33. The molecule has 30 heavy (non-hydrogen) atoms. The van der Waals surface area contributed by atoms with Crippen molar-refractivity contribution in [3.05, 3.63) is 53.6 Å². The van der Waals surface area contributed by atoms with Crippen molar-refractivity contribution < 1.29 is 18.4 Å². The summed E-state index contributed by atoms with van der Waals surface area (Å²) < 4.78 is 28.3. The molecular weight excluding hydrogens is 390 g/mol. The van der Waals surface area contributed by atoms with Crippen LogP contribution in [0.2, 0.25) is 0 Å². The van der Waals surface area contributed by atoms with Gasteiger partial charge in [0.1, 0.15) is 17.6 Å². The molecule has 2 aliphatic heterocycles. The maximum absolute atomic E-state index is 14.8. The van der Waals surface area contributed by atoms with E-state index in [9.17, 15) is 18.4 Å². The maximum atomic E-state index is 14.8. The molecule has 0 aromatic heterocycles. The molecule has 0 spiro atoms. The van der Waals surface area contributed by atoms with Crippen LogP contribution in [0.3, 0.4) is 0 Å². The molecule has 2 aromatic rings. The molecular formula is C22H22F2N4O2. The smallest absolute Gasteiger partial charge is 0.237 e. The van der Waals surface area contributed by atoms with E-state index in [1.165, 1.54) is 30.5 Å². The Kier molecular flexibility index (Phi) is 5.48. The van der Waals surface area contributed by atoms with Crippen LogP contribution in [-0.2, 0) is 9.59 Å². The average molecular weight is 412 g/mol. The number of halogens is 2. The van der Waals surface area contributed by atoms with Crippen LogP contribution in [0, 0.1) is 11.6 Å². The van der Waals surface area contributed by atoms with E-state index in [-0.39, 0.29) is 11.8 Å². The van der Waals surface area contributed by atoms with Gasteiger partial charge < -0.3 is 15.1 Å². The van der Waals surface area contributed by atoms with Crippen molar-refractivity contribution in [1.29, 1.82) is 0 Å². The zero-order chi connectivity index (χ0) is 21.3. The van der Waals surface area contributed by atoms with Gasteiger partial charge in [0.15, 0.2) is 0 Å². The van der Waals surface area contributed by atoms with Crippen molar-refractivity contribution in [3.63, 3.8) is 0 Å². The fourth-order valence-electron chi connectivity index (χ4n) is 3.87. The molecule has 1 unspecified atom stereocenters. The van der Waals surface area contributed by atoms with Crippen LogP contribution in [0.5, 0.6) is 0 Å². The normalized spacial score (nSPS) is 19.0. The number of anilines is 2. The SMILES string of the molecule is CC(=O)N1CCCN(c2ccc(N=CC3C(=O)Nc4ccc(F)cc43)cc2F)CC1. The molecule has 6 nitrogen and oxygen atoms in total. The van der Waals surface area contributed by atoms with Crippen LogP contribution in [0.1, 0.15) is 24.8 Å². The highest BCUT2D eigenvalue weighted by atomic mass is 19.1. The summed E-state index contributed by atoms with van der Waals surface area (Å²) in [5, 5.41) is 2.69. The minimum absolute atomic E-state index is 0.0272. The van der Waals surface area contributed by atoms with Crippen molar-refractivity contribution in [2.24, 2.45) is 4.99 Å². The van der Waals surface area contributed by atoms with Gasteiger partial charge in [0.25, 0.3) is 0 Å². The van der Waals surface area contributed by atoms with Gasteiger partial charge in [0.05, 0.1) is 11.4 Å². The number of hydrogen-bond acceptors (Lipinski definition) is 4. The standard InChI is InChI=1S/C22H22F2N4O2/c1-14(29)27-7-2-8-28(10-9-27)21-6-4-16(12-19(21)24)25-13-18-17-11-15(23)3-5-20(17)26-22(18)30/h3-6,11-13,18H,2,7-10H2,1H3,(H,26,30). The van der Waals surface area contributed by atoms with E-state index in [1.54, 1.807) is 24.0 Å². The number of nitrogens with zero attached hydrogens (tertiary/aromatic N) is 3. The predicted molar refractivity (Wildman–Crippen MR) is 111 cm³/mol. The summed E-state index contributed by atoms with van der Waals surface area (Å²) in [7, 11) is 0. The van der Waals surface area contributed by atoms with Gasteiger partial charge in [-0.1, -0.05) is 0 Å². The Labute approximate surface area is 173 Å². The molecule has 0 saturated carbocycles. The highest BCUT2D eigenvalue weighted by Gasteiger charge is 2.29. The summed E-state index contributed by atoms with van der Waals surface area (Å²) >= 11 is 0. The highest BCUT2D eigenvalue weighted by Crippen LogP contribution is 2.33. The number of benzene rings is 2. The van der Waals surface area contributed by atoms with Crippen LogP contribution in [-0.4, -0.2) is 49.1 Å². The van der Waals surface area contributed by atoms with Crippen LogP contribution < -0.4 is 10.2 Å². The number of carbonyl (C=O) groups excluding carboxylic acids is 2. The molecule has 1 atom stereocenters. The van der Waals surface area contributed by atoms with E-state index in [0.29, 0.717) is 48.8 Å². The average Bonchev–Trinajstić information content (AvgIpc) is 2.87. The number of nitrogens with one attached hydrogen (secondary N) is 1. The Hall–Kier alpha value is -3.29. The van der Waals surface area contributed by atoms with Gasteiger partial charge in [-0.15, -0.1) is 0 Å². The first-order valence-corrected chi connectivity index (χ1v) is 9.87. The summed E-state index contributed by atoms with van der Waals surface area (Å²) in [6.45, 7) is 3.99. The first-order chi connectivity index (χ1) is 14.4. The third-order valence-corrected chi connectivity index (χ3v) is 5.47. The number of amides is 2. The second-order valence-electron chi connectivity index (χ2n) is 7.46. The lowest BCUT2D eigenvalue weighted by atomic mass is 10.0. The molecule has 8 heteroatoms. The van der Waals surface area contributed by atoms with Gasteiger partial charge in [-0.3, -0.25) is 14.6 Å². The van der Waals surface area contributed by atoms with E-state index in [1.807, 2.05) is 4.90 Å². The molecule has 1 saturated heterocycles. The second kappa shape index (κ2) is 8.22. The molecule has 1 fully saturated rings. The summed E-state index contributed by atoms with van der Waals surface area (Å²) in [5.74, 6) is -1.83. The zero-order valence-electron chi connectivity index (χ0n) is 16.6. The summed E-state index contributed by atoms with van der Waals surface area (Å²) in [4.78, 5) is 31.7. The Morgan fingerprint density at radius 1 is 1.13 bits per heavy atom. The monoisotopic (exact) mass is 412 g/mol. The van der Waals surface area contributed by atoms with Crippen molar-refractivity contribution in [2.45, 2.75) is 19.3 Å². The lowest BCUT2D eigenvalue weighted by Gasteiger charge is -2.23. The molecule has 0 aliphatic carbocycles. The number of hydrogen-bond donors (Lipinski definition) is 1. The maximum Gasteiger partial charge on any atom is 0.237 e. The summed E-state index contributed by atoms with van der Waals surface area (Å²) in [6.07, 6.45) is 2.18. The van der Waals surface area contributed by atoms with Gasteiger partial charge in [-0.05, 0) is 42.3 Å². The highest BCUT2D eigenvalue weighted by molar-refractivity contribution is 6.12. The van der Waals surface area contributed by atoms with E-state index in [4.69, 9.17) is 0 Å². The van der Waals surface area contributed by atoms with Gasteiger partial charge in [0.2, 0.25) is 11.8 Å². The van der Waals surface area contributed by atoms with Gasteiger partial charge >= 0.3 is 0 Å². The van der Waals surface area contributed by atoms with E-state index < -0.39 is 17.6 Å². The van der Waals surface area contributed by atoms with Crippen LogP contribution in [0.4, 0.5) is 25.8 Å². The largest absolute Gasteiger partial charge is 0.367 e. The fourth-order valence-corrected chi connectivity index (χ4v) is 3.87. The van der Waals surface area contributed by atoms with Gasteiger partial charge in [0, 0.05) is 51.1 Å². The molecule has 1 N–H and O–H groups in total. The van der Waals surface area contributed by atoms with Crippen molar-refractivity contribution in [2.75, 3.05) is 36.4 Å². The third kappa shape index (κ3) is 4.03. The van der Waals surface area contributed by atoms with E-state index >= 15 is 0 Å². The molecule has 2 aliphatic rings. The quantitative estimate of drug-likeness (QED) is 0.786. The van der Waals surface area contributed by atoms with Gasteiger partial charge in [-0.25, -0.2) is 8.78 Å². The number of aliphatic imine (C=N–C) groups is 1. The molecule has 2 heterocycles. The van der Waals surface area contributed by atoms with E-state index in [0.717, 1.165) is 6.42 Å². The molecule has 0 bridgehead atoms. The molecule has 2 amide bonds. The number of fused-ring (bicyclic) bond motifs is 1. The van der Waals surface area contributed by atoms with Crippen LogP contribution >= 0.6 is 0 Å². The van der Waals surface area contributed by atoms with E-state index in [2.05, 4.69) is 10.3 Å². The van der Waals surface area contributed by atoms with Crippen molar-refractivity contribution in [1.82, 2.24) is 4.90 Å². The summed E-state index contributed by atoms with van der Waals surface area (Å²) in [5.41, 5.74) is 1.90. The third-order valence-electron chi connectivity index (χ3n) is 5.47. The fraction of sp³-hybridized carbons (Fsp3) is 0.318. The topological polar surface area (TPSA) is 65.0 Å². The minimum Gasteiger partial charge on any atom is -0.367 e. The Bertz CT molecular complexity index is 1020. The first-order valence-electron chi connectivity index (χ1n) is 9.87. The van der Waals surface area contributed by atoms with Crippen LogP contribution in [0.25, 0.3) is 0 Å². The molecule has 4 rings (SSSR count). The first kappa shape index (κ1) is 20.0. The predicted octanol–water partition coefficient (Wildman–Crippen LogP) is 3.46. The molecule has 2 aromatic carbocycles. The number of carbonyl (C=O) groups is 2. The molecule has 0 radical (unpaired) electrons. The Morgan fingerprint density at radius 3 is 2.73 bits per heavy atom. The van der Waals surface area contributed by atoms with Crippen LogP contribution in [0.15, 0.2) is 41.4 Å². The lowest BCUT2D eigenvalue weighted by molar-refractivity contribution is -0.128. The Morgan fingerprint density at radius 2 is 1.97 bits per heavy atom. The Balaban J connectivity index is 1.50. The van der Waals surface area contributed by atoms with Gasteiger partial charge in [-0.2, -0.15) is 0 Å². The summed E-state index contributed by atoms with van der Waals surface area (Å²) in [6, 6.07) is 8.76. The van der Waals surface area contributed by atoms with Crippen molar-refractivity contribution in [3.8, 4) is 0 Å². The number of rotatable bonds is 3. The van der Waals surface area contributed by atoms with Crippen molar-refractivity contribution >= 4 is 35.1 Å². The minimum atomic E-state index is -0.721. The molecule has 156 valence electrons. The zero-order valence-corrected chi connectivity index (χ0v) is 16.6.